The lowest BCUT2D eigenvalue weighted by molar-refractivity contribution is 0.0736. The summed E-state index contributed by atoms with van der Waals surface area (Å²) in [5, 5.41) is 0.866. The van der Waals surface area contributed by atoms with Crippen LogP contribution in [0.1, 0.15) is 10.4 Å². The molecule has 0 amide bonds. The number of benzene rings is 4. The topological polar surface area (TPSA) is 110 Å². The molecule has 0 fully saturated rings. The minimum absolute atomic E-state index is 0.247. The van der Waals surface area contributed by atoms with Gasteiger partial charge in [-0.05, 0) is 72.8 Å². The first-order chi connectivity index (χ1) is 17.0. The van der Waals surface area contributed by atoms with Crippen LogP contribution >= 0.6 is 0 Å². The van der Waals surface area contributed by atoms with Gasteiger partial charge in [0.15, 0.2) is 5.75 Å². The Morgan fingerprint density at radius 3 is 1.83 bits per heavy atom. The highest BCUT2D eigenvalue weighted by atomic mass is 16.5. The SMILES string of the molecule is Nc1ccc(Oc2cc(Oc3ccc(N)cc3)cc(C(=O)Oc3cccc4cccnc34)c2)cc1. The third kappa shape index (κ3) is 5.15. The Labute approximate surface area is 201 Å². The van der Waals surface area contributed by atoms with Gasteiger partial charge >= 0.3 is 5.97 Å². The molecule has 0 bridgehead atoms. The Morgan fingerprint density at radius 2 is 1.23 bits per heavy atom. The van der Waals surface area contributed by atoms with Crippen LogP contribution in [0.2, 0.25) is 0 Å². The normalized spacial score (nSPS) is 10.6. The number of ether oxygens (including phenoxy) is 3. The molecule has 172 valence electrons. The lowest BCUT2D eigenvalue weighted by atomic mass is 10.2. The fourth-order valence-corrected chi connectivity index (χ4v) is 3.47. The van der Waals surface area contributed by atoms with E-state index >= 15 is 0 Å². The first-order valence-electron chi connectivity index (χ1n) is 10.8. The van der Waals surface area contributed by atoms with E-state index in [4.69, 9.17) is 25.7 Å². The van der Waals surface area contributed by atoms with E-state index in [1.54, 1.807) is 79.0 Å². The van der Waals surface area contributed by atoms with E-state index in [0.717, 1.165) is 5.39 Å². The molecule has 0 spiro atoms. The maximum absolute atomic E-state index is 13.2. The standard InChI is InChI=1S/C28H21N3O4/c29-20-6-10-22(11-7-20)33-24-15-19(16-25(17-24)34-23-12-8-21(30)9-13-23)28(32)35-26-5-1-3-18-4-2-14-31-27(18)26/h1-17H,29-30H2. The van der Waals surface area contributed by atoms with Gasteiger partial charge in [0.2, 0.25) is 0 Å². The van der Waals surface area contributed by atoms with Gasteiger partial charge in [-0.15, -0.1) is 0 Å². The molecule has 35 heavy (non-hydrogen) atoms. The number of hydrogen-bond acceptors (Lipinski definition) is 7. The van der Waals surface area contributed by atoms with Crippen LogP contribution in [0.25, 0.3) is 10.9 Å². The first-order valence-corrected chi connectivity index (χ1v) is 10.8. The molecule has 7 nitrogen and oxygen atoms in total. The molecular weight excluding hydrogens is 442 g/mol. The number of pyridine rings is 1. The molecule has 0 atom stereocenters. The number of rotatable bonds is 6. The minimum Gasteiger partial charge on any atom is -0.457 e. The molecule has 5 rings (SSSR count). The van der Waals surface area contributed by atoms with Gasteiger partial charge in [0.05, 0.1) is 5.56 Å². The number of aromatic nitrogens is 1. The van der Waals surface area contributed by atoms with Gasteiger partial charge in [0.1, 0.15) is 28.5 Å². The third-order valence-electron chi connectivity index (χ3n) is 5.15. The average Bonchev–Trinajstić information content (AvgIpc) is 2.87. The number of anilines is 2. The van der Waals surface area contributed by atoms with Gasteiger partial charge in [0.25, 0.3) is 0 Å². The molecule has 5 aromatic rings. The molecule has 0 aliphatic rings. The van der Waals surface area contributed by atoms with E-state index < -0.39 is 5.97 Å². The second-order valence-corrected chi connectivity index (χ2v) is 7.76. The van der Waals surface area contributed by atoms with Crippen molar-refractivity contribution in [3.05, 3.63) is 109 Å². The van der Waals surface area contributed by atoms with Gasteiger partial charge in [-0.3, -0.25) is 4.98 Å². The largest absolute Gasteiger partial charge is 0.457 e. The summed E-state index contributed by atoms with van der Waals surface area (Å²) < 4.78 is 17.6. The fraction of sp³-hybridized carbons (Fsp3) is 0. The second kappa shape index (κ2) is 9.44. The molecule has 4 N–H and O–H groups in total. The zero-order chi connectivity index (χ0) is 24.2. The minimum atomic E-state index is -0.576. The monoisotopic (exact) mass is 463 g/mol. The molecular formula is C28H21N3O4. The molecule has 7 heteroatoms. The maximum Gasteiger partial charge on any atom is 0.343 e. The van der Waals surface area contributed by atoms with Crippen molar-refractivity contribution in [1.29, 1.82) is 0 Å². The number of carbonyl (C=O) groups excluding carboxylic acids is 1. The molecule has 0 unspecified atom stereocenters. The molecule has 4 aromatic carbocycles. The van der Waals surface area contributed by atoms with Crippen LogP contribution in [0, 0.1) is 0 Å². The van der Waals surface area contributed by atoms with Crippen molar-refractivity contribution >= 4 is 28.2 Å². The Kier molecular flexibility index (Phi) is 5.88. The highest BCUT2D eigenvalue weighted by Gasteiger charge is 2.16. The molecule has 1 heterocycles. The van der Waals surface area contributed by atoms with Gasteiger partial charge < -0.3 is 25.7 Å². The summed E-state index contributed by atoms with van der Waals surface area (Å²) in [5.74, 6) is 1.69. The van der Waals surface area contributed by atoms with Crippen LogP contribution in [0.3, 0.4) is 0 Å². The Hall–Kier alpha value is -5.04. The maximum atomic E-state index is 13.2. The van der Waals surface area contributed by atoms with E-state index in [-0.39, 0.29) is 5.56 Å². The number of nitrogens with two attached hydrogens (primary N) is 2. The van der Waals surface area contributed by atoms with Gasteiger partial charge in [0, 0.05) is 29.0 Å². The van der Waals surface area contributed by atoms with Crippen molar-refractivity contribution in [2.75, 3.05) is 11.5 Å². The van der Waals surface area contributed by atoms with Crippen molar-refractivity contribution in [3.8, 4) is 28.7 Å². The third-order valence-corrected chi connectivity index (χ3v) is 5.15. The van der Waals surface area contributed by atoms with E-state index in [0.29, 0.717) is 45.6 Å². The van der Waals surface area contributed by atoms with Crippen LogP contribution in [0.4, 0.5) is 11.4 Å². The van der Waals surface area contributed by atoms with E-state index in [1.807, 2.05) is 24.3 Å². The van der Waals surface area contributed by atoms with Crippen molar-refractivity contribution in [2.45, 2.75) is 0 Å². The second-order valence-electron chi connectivity index (χ2n) is 7.76. The lowest BCUT2D eigenvalue weighted by Gasteiger charge is -2.13. The highest BCUT2D eigenvalue weighted by molar-refractivity contribution is 5.95. The summed E-state index contributed by atoms with van der Waals surface area (Å²) in [6, 6.07) is 27.9. The summed E-state index contributed by atoms with van der Waals surface area (Å²) in [7, 11) is 0. The zero-order valence-electron chi connectivity index (χ0n) is 18.5. The highest BCUT2D eigenvalue weighted by Crippen LogP contribution is 2.32. The van der Waals surface area contributed by atoms with Crippen molar-refractivity contribution < 1.29 is 19.0 Å². The van der Waals surface area contributed by atoms with Crippen LogP contribution in [-0.4, -0.2) is 11.0 Å². The molecule has 0 aliphatic carbocycles. The number of esters is 1. The predicted molar refractivity (Wildman–Crippen MR) is 135 cm³/mol. The number of para-hydroxylation sites is 1. The Bertz CT molecular complexity index is 1430. The molecule has 1 aromatic heterocycles. The van der Waals surface area contributed by atoms with Crippen LogP contribution < -0.4 is 25.7 Å². The smallest absolute Gasteiger partial charge is 0.343 e. The number of fused-ring (bicyclic) bond motifs is 1. The molecule has 0 radical (unpaired) electrons. The summed E-state index contributed by atoms with van der Waals surface area (Å²) in [4.78, 5) is 17.5. The molecule has 0 saturated carbocycles. The van der Waals surface area contributed by atoms with Crippen molar-refractivity contribution in [2.24, 2.45) is 0 Å². The van der Waals surface area contributed by atoms with Crippen molar-refractivity contribution in [1.82, 2.24) is 4.98 Å². The summed E-state index contributed by atoms with van der Waals surface area (Å²) in [6.07, 6.45) is 1.65. The zero-order valence-corrected chi connectivity index (χ0v) is 18.5. The number of hydrogen-bond donors (Lipinski definition) is 2. The first kappa shape index (κ1) is 21.8. The number of carbonyl (C=O) groups is 1. The average molecular weight is 463 g/mol. The van der Waals surface area contributed by atoms with E-state index in [1.165, 1.54) is 0 Å². The van der Waals surface area contributed by atoms with Gasteiger partial charge in [-0.25, -0.2) is 4.79 Å². The van der Waals surface area contributed by atoms with Crippen molar-refractivity contribution in [3.63, 3.8) is 0 Å². The number of nitrogen functional groups attached to an aromatic ring is 2. The Morgan fingerprint density at radius 1 is 0.657 bits per heavy atom. The predicted octanol–water partition coefficient (Wildman–Crippen LogP) is 6.20. The summed E-state index contributed by atoms with van der Waals surface area (Å²) >= 11 is 0. The van der Waals surface area contributed by atoms with E-state index in [2.05, 4.69) is 4.98 Å². The van der Waals surface area contributed by atoms with Crippen LogP contribution in [0.15, 0.2) is 103 Å². The number of nitrogens with zero attached hydrogens (tertiary/aromatic N) is 1. The van der Waals surface area contributed by atoms with Gasteiger partial charge in [-0.1, -0.05) is 18.2 Å². The van der Waals surface area contributed by atoms with Gasteiger partial charge in [-0.2, -0.15) is 0 Å². The summed E-state index contributed by atoms with van der Waals surface area (Å²) in [6.45, 7) is 0. The van der Waals surface area contributed by atoms with Crippen LogP contribution in [-0.2, 0) is 0 Å². The molecule has 0 saturated heterocycles. The van der Waals surface area contributed by atoms with Crippen LogP contribution in [0.5, 0.6) is 28.7 Å². The summed E-state index contributed by atoms with van der Waals surface area (Å²) in [5.41, 5.74) is 13.6. The fourth-order valence-electron chi connectivity index (χ4n) is 3.47. The Balaban J connectivity index is 1.48. The lowest BCUT2D eigenvalue weighted by Crippen LogP contribution is -2.09. The van der Waals surface area contributed by atoms with E-state index in [9.17, 15) is 4.79 Å². The molecule has 0 aliphatic heterocycles. The quantitative estimate of drug-likeness (QED) is 0.175.